The average molecular weight is 1230 g/mol. The third-order valence-electron chi connectivity index (χ3n) is 16.6. The molecule has 0 aromatic heterocycles. The van der Waals surface area contributed by atoms with E-state index in [2.05, 4.69) is 26.6 Å². The molecule has 3 saturated heterocycles. The number of hydrogen-bond donors (Lipinski definition) is 7. The number of likely N-dealkylation sites (N-methyl/N-ethyl adjacent to an activating group) is 1. The lowest BCUT2D eigenvalue weighted by Crippen LogP contribution is -2.63. The maximum atomic E-state index is 14.5. The number of benzene rings is 2. The van der Waals surface area contributed by atoms with Gasteiger partial charge in [-0.15, -0.1) is 0 Å². The van der Waals surface area contributed by atoms with E-state index in [1.807, 2.05) is 32.1 Å². The summed E-state index contributed by atoms with van der Waals surface area (Å²) in [6, 6.07) is 5.91. The molecule has 10 atom stereocenters. The Hall–Kier alpha value is -8.10. The summed E-state index contributed by atoms with van der Waals surface area (Å²) in [6.07, 6.45) is 1.90. The van der Waals surface area contributed by atoms with Crippen LogP contribution in [0.5, 0.6) is 5.75 Å². The highest BCUT2D eigenvalue weighted by Crippen LogP contribution is 2.49. The van der Waals surface area contributed by atoms with Crippen LogP contribution in [0, 0.1) is 18.8 Å². The van der Waals surface area contributed by atoms with Gasteiger partial charge in [-0.25, -0.2) is 19.2 Å². The zero-order valence-electron chi connectivity index (χ0n) is 52.2. The van der Waals surface area contributed by atoms with E-state index < -0.39 is 102 Å². The SMILES string of the molecule is COc1cc2cc(c1C)N(C)C(=O)CC(OC(=O)[C@H](C)N(C)C(=O)OCc1ccc(NC(=O)[C@H](CCCNC(N)=O)NC(=O)[C@@H](NC(=O)CCCCCN3C(=O)CCC3=O)C(C)C)cc1)C1(C)OC1C(C)C1CC(O)(NC(=O)O1)C(OC)/C=C/C=C(\C)C2. The molecule has 3 fully saturated rings. The molecule has 10 amide bonds. The number of alkyl carbamates (subject to hydrolysis) is 1. The fraction of sp³-hybridized carbons (Fsp3) is 0.581. The first kappa shape index (κ1) is 69.0. The van der Waals surface area contributed by atoms with Crippen LogP contribution in [-0.4, -0.2) is 170 Å². The van der Waals surface area contributed by atoms with E-state index in [0.29, 0.717) is 60.5 Å². The number of hydrogen-bond acceptors (Lipinski definition) is 17. The molecule has 7 unspecified atom stereocenters. The minimum absolute atomic E-state index is 0.0786. The predicted molar refractivity (Wildman–Crippen MR) is 321 cm³/mol. The molecule has 4 heterocycles. The van der Waals surface area contributed by atoms with Crippen molar-refractivity contribution >= 4 is 71.0 Å². The van der Waals surface area contributed by atoms with Crippen molar-refractivity contribution in [2.75, 3.05) is 51.6 Å². The number of aliphatic hydroxyl groups is 1. The summed E-state index contributed by atoms with van der Waals surface area (Å²) in [5, 5.41) is 25.2. The van der Waals surface area contributed by atoms with Crippen LogP contribution in [0.15, 0.2) is 60.2 Å². The number of ether oxygens (including phenoxy) is 6. The van der Waals surface area contributed by atoms with Crippen molar-refractivity contribution in [1.29, 1.82) is 0 Å². The van der Waals surface area contributed by atoms with E-state index in [9.17, 15) is 53.1 Å². The van der Waals surface area contributed by atoms with Crippen molar-refractivity contribution in [3.63, 3.8) is 0 Å². The maximum Gasteiger partial charge on any atom is 0.410 e. The fourth-order valence-corrected chi connectivity index (χ4v) is 11.0. The first-order valence-corrected chi connectivity index (χ1v) is 29.7. The number of nitrogens with zero attached hydrogens (tertiary/aromatic N) is 3. The van der Waals surface area contributed by atoms with Gasteiger partial charge in [0.2, 0.25) is 35.4 Å². The topological polar surface area (TPSA) is 346 Å². The maximum absolute atomic E-state index is 14.5. The lowest BCUT2D eigenvalue weighted by Gasteiger charge is -2.42. The van der Waals surface area contributed by atoms with Gasteiger partial charge in [-0.1, -0.05) is 63.1 Å². The summed E-state index contributed by atoms with van der Waals surface area (Å²) in [7, 11) is 5.90. The van der Waals surface area contributed by atoms with Crippen molar-refractivity contribution in [3.8, 4) is 5.75 Å². The number of esters is 1. The Balaban J connectivity index is 1.09. The molecule has 6 rings (SSSR count). The average Bonchev–Trinajstić information content (AvgIpc) is 1.82. The Morgan fingerprint density at radius 2 is 1.62 bits per heavy atom. The number of nitrogens with two attached hydrogens (primary N) is 1. The van der Waals surface area contributed by atoms with Crippen LogP contribution in [-0.2, 0) is 70.3 Å². The Morgan fingerprint density at radius 1 is 0.932 bits per heavy atom. The lowest BCUT2D eigenvalue weighted by molar-refractivity contribution is -0.158. The summed E-state index contributed by atoms with van der Waals surface area (Å²) in [4.78, 5) is 135. The van der Waals surface area contributed by atoms with Gasteiger partial charge in [0.25, 0.3) is 0 Å². The van der Waals surface area contributed by atoms with Crippen LogP contribution in [0.25, 0.3) is 0 Å². The number of carbonyl (C=O) groups is 10. The number of allylic oxidation sites excluding steroid dienone is 3. The largest absolute Gasteiger partial charge is 0.496 e. The van der Waals surface area contributed by atoms with E-state index in [-0.39, 0.29) is 81.7 Å². The van der Waals surface area contributed by atoms with E-state index in [1.165, 1.54) is 38.0 Å². The quantitative estimate of drug-likeness (QED) is 0.0261. The van der Waals surface area contributed by atoms with Crippen LogP contribution >= 0.6 is 0 Å². The minimum atomic E-state index is -1.90. The van der Waals surface area contributed by atoms with Gasteiger partial charge in [0.15, 0.2) is 5.72 Å². The molecule has 0 aliphatic carbocycles. The molecule has 4 aliphatic rings. The van der Waals surface area contributed by atoms with Gasteiger partial charge in [0.1, 0.15) is 54.4 Å². The Bertz CT molecular complexity index is 2960. The highest BCUT2D eigenvalue weighted by molar-refractivity contribution is 6.02. The molecule has 26 heteroatoms. The van der Waals surface area contributed by atoms with Gasteiger partial charge in [0, 0.05) is 77.1 Å². The Morgan fingerprint density at radius 3 is 2.27 bits per heavy atom. The molecule has 88 heavy (non-hydrogen) atoms. The third-order valence-corrected chi connectivity index (χ3v) is 16.6. The molecular formula is C62H87N9O17. The summed E-state index contributed by atoms with van der Waals surface area (Å²) >= 11 is 0. The number of imide groups is 1. The number of carbonyl (C=O) groups excluding carboxylic acids is 10. The number of rotatable bonds is 23. The fourth-order valence-electron chi connectivity index (χ4n) is 11.0. The highest BCUT2D eigenvalue weighted by Gasteiger charge is 2.64. The van der Waals surface area contributed by atoms with Gasteiger partial charge in [-0.05, 0) is 101 Å². The number of primary amides is 1. The normalized spacial score (nSPS) is 24.9. The number of anilines is 2. The zero-order chi connectivity index (χ0) is 64.8. The number of likely N-dealkylation sites (tertiary alicyclic amines) is 1. The lowest BCUT2D eigenvalue weighted by atomic mass is 9.83. The molecular weight excluding hydrogens is 1140 g/mol. The molecule has 26 nitrogen and oxygen atoms in total. The standard InChI is InChI=1S/C62H87N9O17/c1-35(2)53(67-49(72)20-13-12-14-28-71-50(73)25-26-51(71)74)56(77)66-43(18-16-27-64-58(63)79)55(76)65-42-23-21-40(22-24-42)34-85-60(81)69(8)39(6)57(78)87-48-32-52(75)70(9)44-30-41(31-45(83-10)37(44)4)29-36(3)17-15-19-47(84-11)62(82)33-46(86-59(80)68-62)38(5)54-61(48,7)88-54/h15,17,19,21-24,30-31,35,38-39,43,46-48,53-54,82H,12-14,16,18,20,25-29,32-34H2,1-11H3,(H,65,76)(H,66,77)(H,67,72)(H,68,80)(H3,63,64,79)/b19-15+,36-17+/t38?,39-,43-,46?,47?,48?,53-,54?,61?,62?/m0/s1. The smallest absolute Gasteiger partial charge is 0.410 e. The second-order valence-corrected chi connectivity index (χ2v) is 23.6. The Kier molecular flexibility index (Phi) is 24.1. The van der Waals surface area contributed by atoms with E-state index in [0.717, 1.165) is 16.0 Å². The van der Waals surface area contributed by atoms with Crippen molar-refractivity contribution in [3.05, 3.63) is 76.9 Å². The highest BCUT2D eigenvalue weighted by atomic mass is 16.7. The molecule has 4 bridgehead atoms. The van der Waals surface area contributed by atoms with Crippen LogP contribution in [0.4, 0.5) is 25.8 Å². The van der Waals surface area contributed by atoms with Crippen LogP contribution in [0.2, 0.25) is 0 Å². The minimum Gasteiger partial charge on any atom is -0.496 e. The zero-order valence-corrected chi connectivity index (χ0v) is 52.2. The molecule has 2 aromatic carbocycles. The van der Waals surface area contributed by atoms with Crippen LogP contribution < -0.4 is 42.0 Å². The third kappa shape index (κ3) is 18.0. The van der Waals surface area contributed by atoms with Gasteiger partial charge in [-0.2, -0.15) is 0 Å². The number of urea groups is 1. The van der Waals surface area contributed by atoms with Crippen molar-refractivity contribution in [1.82, 2.24) is 31.1 Å². The van der Waals surface area contributed by atoms with Gasteiger partial charge < -0.3 is 65.4 Å². The number of epoxide rings is 1. The second-order valence-electron chi connectivity index (χ2n) is 23.6. The number of fused-ring (bicyclic) bond motifs is 5. The van der Waals surface area contributed by atoms with Gasteiger partial charge in [-0.3, -0.25) is 43.9 Å². The molecule has 0 spiro atoms. The van der Waals surface area contributed by atoms with Crippen molar-refractivity contribution in [2.24, 2.45) is 17.6 Å². The van der Waals surface area contributed by atoms with Crippen LogP contribution in [0.1, 0.15) is 122 Å². The summed E-state index contributed by atoms with van der Waals surface area (Å²) in [6.45, 7) is 12.3. The number of methoxy groups -OCH3 is 2. The molecule has 0 saturated carbocycles. The molecule has 8 N–H and O–H groups in total. The molecule has 0 radical (unpaired) electrons. The number of amides is 10. The van der Waals surface area contributed by atoms with E-state index >= 15 is 0 Å². The van der Waals surface area contributed by atoms with Crippen LogP contribution in [0.3, 0.4) is 0 Å². The van der Waals surface area contributed by atoms with E-state index in [4.69, 9.17) is 34.2 Å². The molecule has 2 aromatic rings. The Labute approximate surface area is 513 Å². The summed E-state index contributed by atoms with van der Waals surface area (Å²) in [5.41, 5.74) is 5.81. The summed E-state index contributed by atoms with van der Waals surface area (Å²) < 4.78 is 35.3. The predicted octanol–water partition coefficient (Wildman–Crippen LogP) is 4.70. The second kappa shape index (κ2) is 30.7. The van der Waals surface area contributed by atoms with Gasteiger partial charge >= 0.3 is 24.2 Å². The molecule has 4 aliphatic heterocycles. The van der Waals surface area contributed by atoms with Crippen molar-refractivity contribution in [2.45, 2.75) is 180 Å². The van der Waals surface area contributed by atoms with Crippen molar-refractivity contribution < 1.29 is 81.5 Å². The van der Waals surface area contributed by atoms with Gasteiger partial charge in [0.05, 0.1) is 25.3 Å². The molecule has 482 valence electrons. The number of nitrogens with one attached hydrogen (secondary N) is 5. The number of unbranched alkanes of at least 4 members (excludes halogenated alkanes) is 2. The summed E-state index contributed by atoms with van der Waals surface area (Å²) in [5.74, 6) is -3.76. The monoisotopic (exact) mass is 1230 g/mol. The first-order chi connectivity index (χ1) is 41.6. The first-order valence-electron chi connectivity index (χ1n) is 29.7. The van der Waals surface area contributed by atoms with E-state index in [1.54, 1.807) is 71.2 Å².